The molecule has 0 aliphatic heterocycles. The van der Waals surface area contributed by atoms with Gasteiger partial charge in [0.25, 0.3) is 0 Å². The molecule has 0 aliphatic carbocycles. The summed E-state index contributed by atoms with van der Waals surface area (Å²) in [6.07, 6.45) is -0.125. The van der Waals surface area contributed by atoms with Crippen LogP contribution in [-0.4, -0.2) is 35.9 Å². The third-order valence-electron chi connectivity index (χ3n) is 0.852. The first-order valence-electron chi connectivity index (χ1n) is 2.79. The molecule has 9 heavy (non-hydrogen) atoms. The van der Waals surface area contributed by atoms with Crippen LogP contribution < -0.4 is 0 Å². The lowest BCUT2D eigenvalue weighted by Gasteiger charge is -2.10. The standard InChI is InChI=1S/C5H12O2S2/c6-3-5(4-9)7-1-2-8/h5-6,8-9H,1-4H2. The maximum Gasteiger partial charge on any atom is 0.0893 e. The Morgan fingerprint density at radius 2 is 2.11 bits per heavy atom. The second kappa shape index (κ2) is 6.74. The minimum absolute atomic E-state index is 0.0390. The maximum atomic E-state index is 8.55. The molecular formula is C5H12O2S2. The highest BCUT2D eigenvalue weighted by atomic mass is 32.1. The van der Waals surface area contributed by atoms with Gasteiger partial charge in [0.2, 0.25) is 0 Å². The molecule has 0 aromatic heterocycles. The van der Waals surface area contributed by atoms with E-state index in [1.165, 1.54) is 0 Å². The molecule has 0 saturated heterocycles. The molecule has 0 bridgehead atoms. The molecule has 0 heterocycles. The first-order chi connectivity index (χ1) is 4.35. The second-order valence-electron chi connectivity index (χ2n) is 1.58. The third-order valence-corrected chi connectivity index (χ3v) is 1.44. The Morgan fingerprint density at radius 1 is 1.44 bits per heavy atom. The van der Waals surface area contributed by atoms with Crippen molar-refractivity contribution < 1.29 is 9.84 Å². The van der Waals surface area contributed by atoms with Crippen LogP contribution in [0.1, 0.15) is 0 Å². The maximum absolute atomic E-state index is 8.55. The number of thiol groups is 2. The lowest BCUT2D eigenvalue weighted by atomic mass is 10.4. The molecule has 1 unspecified atom stereocenters. The average Bonchev–Trinajstić information content (AvgIpc) is 1.91. The summed E-state index contributed by atoms with van der Waals surface area (Å²) < 4.78 is 5.09. The molecule has 0 spiro atoms. The fraction of sp³-hybridized carbons (Fsp3) is 1.00. The van der Waals surface area contributed by atoms with Crippen molar-refractivity contribution in [2.45, 2.75) is 6.10 Å². The zero-order valence-electron chi connectivity index (χ0n) is 5.16. The van der Waals surface area contributed by atoms with E-state index in [0.717, 1.165) is 0 Å². The fourth-order valence-electron chi connectivity index (χ4n) is 0.383. The van der Waals surface area contributed by atoms with Gasteiger partial charge in [-0.25, -0.2) is 0 Å². The highest BCUT2D eigenvalue weighted by Crippen LogP contribution is 1.93. The van der Waals surface area contributed by atoms with Crippen LogP contribution in [0.4, 0.5) is 0 Å². The van der Waals surface area contributed by atoms with Crippen LogP contribution in [0.5, 0.6) is 0 Å². The number of aliphatic hydroxyl groups excluding tert-OH is 1. The van der Waals surface area contributed by atoms with E-state index >= 15 is 0 Å². The molecule has 0 saturated carbocycles. The summed E-state index contributed by atoms with van der Waals surface area (Å²) in [7, 11) is 0. The molecule has 1 atom stereocenters. The second-order valence-corrected chi connectivity index (χ2v) is 2.39. The van der Waals surface area contributed by atoms with Crippen molar-refractivity contribution in [3.63, 3.8) is 0 Å². The van der Waals surface area contributed by atoms with Crippen LogP contribution in [0.15, 0.2) is 0 Å². The summed E-state index contributed by atoms with van der Waals surface area (Å²) in [5.74, 6) is 1.24. The predicted octanol–water partition coefficient (Wildman–Crippen LogP) is 0.223. The van der Waals surface area contributed by atoms with Crippen LogP contribution >= 0.6 is 25.3 Å². The van der Waals surface area contributed by atoms with Crippen LogP contribution in [-0.2, 0) is 4.74 Å². The van der Waals surface area contributed by atoms with Gasteiger partial charge in [-0.1, -0.05) is 0 Å². The Hall–Kier alpha value is 0.620. The Labute approximate surface area is 66.4 Å². The Bertz CT molecular complexity index is 56.9. The van der Waals surface area contributed by atoms with E-state index in [9.17, 15) is 0 Å². The van der Waals surface area contributed by atoms with Gasteiger partial charge in [-0.05, 0) is 0 Å². The van der Waals surface area contributed by atoms with Gasteiger partial charge in [0.1, 0.15) is 0 Å². The summed E-state index contributed by atoms with van der Waals surface area (Å²) in [4.78, 5) is 0. The molecule has 56 valence electrons. The first-order valence-corrected chi connectivity index (χ1v) is 4.05. The quantitative estimate of drug-likeness (QED) is 0.513. The van der Waals surface area contributed by atoms with Gasteiger partial charge in [-0.2, -0.15) is 25.3 Å². The van der Waals surface area contributed by atoms with Crippen LogP contribution in [0.25, 0.3) is 0 Å². The minimum atomic E-state index is -0.125. The number of aliphatic hydroxyl groups is 1. The van der Waals surface area contributed by atoms with E-state index in [2.05, 4.69) is 25.3 Å². The average molecular weight is 168 g/mol. The number of rotatable bonds is 5. The van der Waals surface area contributed by atoms with Crippen molar-refractivity contribution in [2.75, 3.05) is 24.7 Å². The van der Waals surface area contributed by atoms with E-state index in [0.29, 0.717) is 18.1 Å². The molecule has 0 radical (unpaired) electrons. The zero-order chi connectivity index (χ0) is 7.11. The van der Waals surface area contributed by atoms with Gasteiger partial charge in [-0.3, -0.25) is 0 Å². The molecule has 0 amide bonds. The van der Waals surface area contributed by atoms with E-state index in [4.69, 9.17) is 9.84 Å². The largest absolute Gasteiger partial charge is 0.394 e. The van der Waals surface area contributed by atoms with E-state index in [1.807, 2.05) is 0 Å². The minimum Gasteiger partial charge on any atom is -0.394 e. The molecule has 0 aliphatic rings. The molecule has 4 heteroatoms. The SMILES string of the molecule is OCC(CS)OCCS. The Balaban J connectivity index is 3.09. The lowest BCUT2D eigenvalue weighted by molar-refractivity contribution is 0.0374. The Morgan fingerprint density at radius 3 is 2.44 bits per heavy atom. The third kappa shape index (κ3) is 5.08. The summed E-state index contributed by atoms with van der Waals surface area (Å²) >= 11 is 7.90. The molecule has 0 rings (SSSR count). The summed E-state index contributed by atoms with van der Waals surface area (Å²) in [5, 5.41) is 8.55. The van der Waals surface area contributed by atoms with Crippen molar-refractivity contribution in [1.82, 2.24) is 0 Å². The van der Waals surface area contributed by atoms with E-state index < -0.39 is 0 Å². The van der Waals surface area contributed by atoms with Crippen molar-refractivity contribution in [3.05, 3.63) is 0 Å². The van der Waals surface area contributed by atoms with Crippen molar-refractivity contribution in [2.24, 2.45) is 0 Å². The van der Waals surface area contributed by atoms with E-state index in [1.54, 1.807) is 0 Å². The number of hydrogen-bond acceptors (Lipinski definition) is 4. The normalized spacial score (nSPS) is 13.7. The van der Waals surface area contributed by atoms with Crippen LogP contribution in [0.3, 0.4) is 0 Å². The van der Waals surface area contributed by atoms with Gasteiger partial charge >= 0.3 is 0 Å². The predicted molar refractivity (Wildman–Crippen MR) is 44.5 cm³/mol. The molecule has 1 N–H and O–H groups in total. The van der Waals surface area contributed by atoms with E-state index in [-0.39, 0.29) is 12.7 Å². The van der Waals surface area contributed by atoms with Crippen LogP contribution in [0.2, 0.25) is 0 Å². The highest BCUT2D eigenvalue weighted by molar-refractivity contribution is 7.80. The number of ether oxygens (including phenoxy) is 1. The monoisotopic (exact) mass is 168 g/mol. The molecular weight excluding hydrogens is 156 g/mol. The van der Waals surface area contributed by atoms with Gasteiger partial charge in [0.15, 0.2) is 0 Å². The van der Waals surface area contributed by atoms with Gasteiger partial charge in [-0.15, -0.1) is 0 Å². The van der Waals surface area contributed by atoms with Crippen molar-refractivity contribution in [1.29, 1.82) is 0 Å². The molecule has 0 aromatic carbocycles. The smallest absolute Gasteiger partial charge is 0.0893 e. The zero-order valence-corrected chi connectivity index (χ0v) is 6.94. The van der Waals surface area contributed by atoms with Gasteiger partial charge in [0.05, 0.1) is 19.3 Å². The number of hydrogen-bond donors (Lipinski definition) is 3. The topological polar surface area (TPSA) is 29.5 Å². The Kier molecular flexibility index (Phi) is 7.20. The van der Waals surface area contributed by atoms with Crippen molar-refractivity contribution in [3.8, 4) is 0 Å². The van der Waals surface area contributed by atoms with Crippen LogP contribution in [0, 0.1) is 0 Å². The summed E-state index contributed by atoms with van der Waals surface area (Å²) in [6, 6.07) is 0. The van der Waals surface area contributed by atoms with Gasteiger partial charge < -0.3 is 9.84 Å². The highest BCUT2D eigenvalue weighted by Gasteiger charge is 2.02. The lowest BCUT2D eigenvalue weighted by Crippen LogP contribution is -2.20. The van der Waals surface area contributed by atoms with Gasteiger partial charge in [0, 0.05) is 11.5 Å². The molecule has 0 fully saturated rings. The van der Waals surface area contributed by atoms with Crippen molar-refractivity contribution >= 4 is 25.3 Å². The molecule has 2 nitrogen and oxygen atoms in total. The molecule has 0 aromatic rings. The fourth-order valence-corrected chi connectivity index (χ4v) is 0.709. The summed E-state index contributed by atoms with van der Waals surface area (Å²) in [5.41, 5.74) is 0. The summed E-state index contributed by atoms with van der Waals surface area (Å²) in [6.45, 7) is 0.617. The first kappa shape index (κ1) is 9.62.